The molecule has 6 nitrogen and oxygen atoms in total. The van der Waals surface area contributed by atoms with Gasteiger partial charge in [-0.3, -0.25) is 9.59 Å². The normalized spacial score (nSPS) is 27.9. The molecule has 19 heavy (non-hydrogen) atoms. The molecule has 2 fully saturated rings. The predicted molar refractivity (Wildman–Crippen MR) is 70.6 cm³/mol. The Balaban J connectivity index is 2.01. The van der Waals surface area contributed by atoms with Crippen LogP contribution in [0.15, 0.2) is 0 Å². The molecule has 2 rings (SSSR count). The molecule has 2 aliphatic rings. The minimum Gasteiger partial charge on any atom is -0.368 e. The van der Waals surface area contributed by atoms with Crippen molar-refractivity contribution in [1.82, 2.24) is 15.5 Å². The first-order valence-corrected chi connectivity index (χ1v) is 7.14. The van der Waals surface area contributed by atoms with Crippen LogP contribution >= 0.6 is 0 Å². The number of amides is 2. The van der Waals surface area contributed by atoms with Crippen LogP contribution in [0.2, 0.25) is 0 Å². The molecule has 0 aliphatic carbocycles. The fraction of sp³-hybridized carbons (Fsp3) is 0.846. The average molecular weight is 269 g/mol. The molecule has 0 aromatic heterocycles. The summed E-state index contributed by atoms with van der Waals surface area (Å²) in [6, 6.07) is -0.410. The van der Waals surface area contributed by atoms with Crippen LogP contribution in [0.4, 0.5) is 0 Å². The summed E-state index contributed by atoms with van der Waals surface area (Å²) in [5, 5.41) is 5.96. The number of nitrogens with one attached hydrogen (secondary N) is 2. The molecule has 0 bridgehead atoms. The SMILES string of the molecule is CCNC(=O)C1CNCCN1C(=O)C1CCCCO1. The summed E-state index contributed by atoms with van der Waals surface area (Å²) in [7, 11) is 0. The van der Waals surface area contributed by atoms with Crippen LogP contribution in [0.1, 0.15) is 26.2 Å². The lowest BCUT2D eigenvalue weighted by atomic mass is 10.1. The zero-order valence-corrected chi connectivity index (χ0v) is 11.5. The van der Waals surface area contributed by atoms with E-state index in [1.54, 1.807) is 4.90 Å². The third-order valence-corrected chi connectivity index (χ3v) is 3.64. The molecule has 2 atom stereocenters. The highest BCUT2D eigenvalue weighted by molar-refractivity contribution is 5.89. The van der Waals surface area contributed by atoms with Gasteiger partial charge in [0.25, 0.3) is 5.91 Å². The fourth-order valence-electron chi connectivity index (χ4n) is 2.61. The maximum Gasteiger partial charge on any atom is 0.252 e. The van der Waals surface area contributed by atoms with E-state index in [1.807, 2.05) is 6.92 Å². The van der Waals surface area contributed by atoms with E-state index in [-0.39, 0.29) is 17.9 Å². The van der Waals surface area contributed by atoms with Crippen molar-refractivity contribution in [3.05, 3.63) is 0 Å². The number of likely N-dealkylation sites (N-methyl/N-ethyl adjacent to an activating group) is 1. The molecule has 2 aliphatic heterocycles. The first-order valence-electron chi connectivity index (χ1n) is 7.14. The Morgan fingerprint density at radius 3 is 2.95 bits per heavy atom. The minimum atomic E-state index is -0.410. The summed E-state index contributed by atoms with van der Waals surface area (Å²) in [6.45, 7) is 4.93. The van der Waals surface area contributed by atoms with Crippen molar-refractivity contribution in [1.29, 1.82) is 0 Å². The molecule has 0 spiro atoms. The Morgan fingerprint density at radius 1 is 1.42 bits per heavy atom. The predicted octanol–water partition coefficient (Wildman–Crippen LogP) is -0.508. The molecule has 2 heterocycles. The molecule has 0 radical (unpaired) electrons. The van der Waals surface area contributed by atoms with Gasteiger partial charge in [0, 0.05) is 32.8 Å². The Morgan fingerprint density at radius 2 is 2.26 bits per heavy atom. The molecule has 0 aromatic carbocycles. The monoisotopic (exact) mass is 269 g/mol. The van der Waals surface area contributed by atoms with Gasteiger partial charge in [0.05, 0.1) is 0 Å². The van der Waals surface area contributed by atoms with Gasteiger partial charge in [0.1, 0.15) is 12.1 Å². The summed E-state index contributed by atoms with van der Waals surface area (Å²) in [4.78, 5) is 26.2. The van der Waals surface area contributed by atoms with Crippen molar-refractivity contribution < 1.29 is 14.3 Å². The largest absolute Gasteiger partial charge is 0.368 e. The molecule has 2 unspecified atom stereocenters. The minimum absolute atomic E-state index is 0.0301. The van der Waals surface area contributed by atoms with E-state index in [0.717, 1.165) is 25.8 Å². The zero-order chi connectivity index (χ0) is 13.7. The molecule has 0 saturated carbocycles. The summed E-state index contributed by atoms with van der Waals surface area (Å²) >= 11 is 0. The van der Waals surface area contributed by atoms with E-state index in [9.17, 15) is 9.59 Å². The molecular weight excluding hydrogens is 246 g/mol. The van der Waals surface area contributed by atoms with Crippen molar-refractivity contribution in [2.24, 2.45) is 0 Å². The molecular formula is C13H23N3O3. The van der Waals surface area contributed by atoms with Crippen molar-refractivity contribution >= 4 is 11.8 Å². The van der Waals surface area contributed by atoms with E-state index in [0.29, 0.717) is 26.2 Å². The van der Waals surface area contributed by atoms with Crippen LogP contribution in [0, 0.1) is 0 Å². The van der Waals surface area contributed by atoms with Crippen LogP contribution in [-0.4, -0.2) is 61.6 Å². The van der Waals surface area contributed by atoms with Gasteiger partial charge < -0.3 is 20.3 Å². The second-order valence-electron chi connectivity index (χ2n) is 5.00. The topological polar surface area (TPSA) is 70.7 Å². The van der Waals surface area contributed by atoms with E-state index in [1.165, 1.54) is 0 Å². The standard InChI is InChI=1S/C13H23N3O3/c1-2-15-12(17)10-9-14-6-7-16(10)13(18)11-5-3-4-8-19-11/h10-11,14H,2-9H2,1H3,(H,15,17). The van der Waals surface area contributed by atoms with Crippen LogP contribution in [0.25, 0.3) is 0 Å². The highest BCUT2D eigenvalue weighted by Gasteiger charge is 2.36. The van der Waals surface area contributed by atoms with Crippen molar-refractivity contribution in [2.45, 2.75) is 38.3 Å². The third kappa shape index (κ3) is 3.45. The number of rotatable bonds is 3. The Hall–Kier alpha value is -1.14. The second-order valence-corrected chi connectivity index (χ2v) is 5.00. The maximum atomic E-state index is 12.5. The molecule has 6 heteroatoms. The summed E-state index contributed by atoms with van der Waals surface area (Å²) in [5.74, 6) is -0.115. The molecule has 2 N–H and O–H groups in total. The quantitative estimate of drug-likeness (QED) is 0.724. The van der Waals surface area contributed by atoms with Crippen molar-refractivity contribution in [3.8, 4) is 0 Å². The Kier molecular flexibility index (Phi) is 5.15. The number of piperazine rings is 1. The number of nitrogens with zero attached hydrogens (tertiary/aromatic N) is 1. The van der Waals surface area contributed by atoms with Gasteiger partial charge in [-0.15, -0.1) is 0 Å². The first kappa shape index (κ1) is 14.3. The lowest BCUT2D eigenvalue weighted by molar-refractivity contribution is -0.153. The number of carbonyl (C=O) groups excluding carboxylic acids is 2. The lowest BCUT2D eigenvalue weighted by Crippen LogP contribution is -2.61. The highest BCUT2D eigenvalue weighted by atomic mass is 16.5. The van der Waals surface area contributed by atoms with E-state index in [4.69, 9.17) is 4.74 Å². The lowest BCUT2D eigenvalue weighted by Gasteiger charge is -2.37. The smallest absolute Gasteiger partial charge is 0.252 e. The summed E-state index contributed by atoms with van der Waals surface area (Å²) in [6.07, 6.45) is 2.45. The van der Waals surface area contributed by atoms with Gasteiger partial charge in [0.2, 0.25) is 5.91 Å². The number of ether oxygens (including phenoxy) is 1. The van der Waals surface area contributed by atoms with Gasteiger partial charge in [-0.25, -0.2) is 0 Å². The van der Waals surface area contributed by atoms with Gasteiger partial charge >= 0.3 is 0 Å². The third-order valence-electron chi connectivity index (χ3n) is 3.64. The Bertz CT molecular complexity index is 329. The van der Waals surface area contributed by atoms with Crippen LogP contribution in [-0.2, 0) is 14.3 Å². The summed E-state index contributed by atoms with van der Waals surface area (Å²) < 4.78 is 5.54. The van der Waals surface area contributed by atoms with Crippen LogP contribution in [0.5, 0.6) is 0 Å². The fourth-order valence-corrected chi connectivity index (χ4v) is 2.61. The van der Waals surface area contributed by atoms with E-state index in [2.05, 4.69) is 10.6 Å². The van der Waals surface area contributed by atoms with Crippen LogP contribution < -0.4 is 10.6 Å². The zero-order valence-electron chi connectivity index (χ0n) is 11.5. The van der Waals surface area contributed by atoms with Crippen molar-refractivity contribution in [3.63, 3.8) is 0 Å². The molecule has 0 aromatic rings. The van der Waals surface area contributed by atoms with Gasteiger partial charge in [0.15, 0.2) is 0 Å². The van der Waals surface area contributed by atoms with Gasteiger partial charge in [-0.05, 0) is 26.2 Å². The number of hydrogen-bond acceptors (Lipinski definition) is 4. The van der Waals surface area contributed by atoms with Crippen molar-refractivity contribution in [2.75, 3.05) is 32.8 Å². The molecule has 2 saturated heterocycles. The van der Waals surface area contributed by atoms with Crippen LogP contribution in [0.3, 0.4) is 0 Å². The first-order chi connectivity index (χ1) is 9.24. The Labute approximate surface area is 113 Å². The van der Waals surface area contributed by atoms with E-state index < -0.39 is 6.04 Å². The van der Waals surface area contributed by atoms with Gasteiger partial charge in [-0.1, -0.05) is 0 Å². The molecule has 108 valence electrons. The maximum absolute atomic E-state index is 12.5. The molecule has 2 amide bonds. The number of hydrogen-bond donors (Lipinski definition) is 2. The van der Waals surface area contributed by atoms with E-state index >= 15 is 0 Å². The second kappa shape index (κ2) is 6.86. The highest BCUT2D eigenvalue weighted by Crippen LogP contribution is 2.17. The number of carbonyl (C=O) groups is 2. The summed E-state index contributed by atoms with van der Waals surface area (Å²) in [5.41, 5.74) is 0. The van der Waals surface area contributed by atoms with Gasteiger partial charge in [-0.2, -0.15) is 0 Å². The average Bonchev–Trinajstić information content (AvgIpc) is 2.47.